The Kier molecular flexibility index (Phi) is 3.17. The van der Waals surface area contributed by atoms with E-state index in [-0.39, 0.29) is 4.90 Å². The highest BCUT2D eigenvalue weighted by Gasteiger charge is 2.37. The van der Waals surface area contributed by atoms with Crippen LogP contribution in [0.2, 0.25) is 0 Å². The highest BCUT2D eigenvalue weighted by atomic mass is 32.2. The number of nitrogens with zero attached hydrogens (tertiary/aromatic N) is 1. The molecule has 0 unspecified atom stereocenters. The number of carbonyl (C=O) groups is 1. The SMILES string of the molecule is CCc1ccc(N2C(=O)Nc3ccccc3S2(=O)=O)cc1. The predicted molar refractivity (Wildman–Crippen MR) is 80.9 cm³/mol. The first-order valence-corrected chi connectivity index (χ1v) is 8.02. The quantitative estimate of drug-likeness (QED) is 0.927. The summed E-state index contributed by atoms with van der Waals surface area (Å²) in [7, 11) is -3.88. The molecule has 1 aliphatic rings. The fourth-order valence-corrected chi connectivity index (χ4v) is 3.80. The Balaban J connectivity index is 2.12. The maximum Gasteiger partial charge on any atom is 0.340 e. The molecule has 1 aliphatic heterocycles. The van der Waals surface area contributed by atoms with Gasteiger partial charge in [-0.15, -0.1) is 0 Å². The lowest BCUT2D eigenvalue weighted by Gasteiger charge is -2.28. The zero-order chi connectivity index (χ0) is 15.0. The normalized spacial score (nSPS) is 16.2. The molecule has 0 fully saturated rings. The molecule has 0 atom stereocenters. The van der Waals surface area contributed by atoms with Crippen LogP contribution in [0.15, 0.2) is 53.4 Å². The molecule has 0 aliphatic carbocycles. The van der Waals surface area contributed by atoms with Crippen molar-refractivity contribution >= 4 is 27.4 Å². The van der Waals surface area contributed by atoms with Gasteiger partial charge in [0, 0.05) is 0 Å². The third-order valence-corrected chi connectivity index (χ3v) is 5.18. The fourth-order valence-electron chi connectivity index (χ4n) is 2.29. The summed E-state index contributed by atoms with van der Waals surface area (Å²) in [6.07, 6.45) is 0.849. The molecule has 0 bridgehead atoms. The Labute approximate surface area is 123 Å². The van der Waals surface area contributed by atoms with Gasteiger partial charge in [0.15, 0.2) is 0 Å². The zero-order valence-corrected chi connectivity index (χ0v) is 12.2. The van der Waals surface area contributed by atoms with Gasteiger partial charge >= 0.3 is 6.03 Å². The summed E-state index contributed by atoms with van der Waals surface area (Å²) in [5, 5.41) is 2.60. The summed E-state index contributed by atoms with van der Waals surface area (Å²) >= 11 is 0. The van der Waals surface area contributed by atoms with Crippen molar-refractivity contribution in [1.82, 2.24) is 0 Å². The van der Waals surface area contributed by atoms with Crippen LogP contribution in [0.4, 0.5) is 16.2 Å². The van der Waals surface area contributed by atoms with E-state index < -0.39 is 16.1 Å². The summed E-state index contributed by atoms with van der Waals surface area (Å²) in [4.78, 5) is 12.3. The summed E-state index contributed by atoms with van der Waals surface area (Å²) in [5.74, 6) is 0. The summed E-state index contributed by atoms with van der Waals surface area (Å²) < 4.78 is 26.1. The molecule has 2 amide bonds. The largest absolute Gasteiger partial charge is 0.340 e. The number of fused-ring (bicyclic) bond motifs is 1. The highest BCUT2D eigenvalue weighted by Crippen LogP contribution is 2.33. The van der Waals surface area contributed by atoms with Crippen molar-refractivity contribution in [3.8, 4) is 0 Å². The van der Waals surface area contributed by atoms with Gasteiger partial charge in [0.1, 0.15) is 4.90 Å². The standard InChI is InChI=1S/C15H14N2O3S/c1-2-11-7-9-12(10-8-11)17-15(18)16-13-5-3-4-6-14(13)21(17,19)20/h3-10H,2H2,1H3,(H,16,18). The highest BCUT2D eigenvalue weighted by molar-refractivity contribution is 7.94. The third kappa shape index (κ3) is 2.17. The lowest BCUT2D eigenvalue weighted by Crippen LogP contribution is -2.44. The number of rotatable bonds is 2. The molecule has 0 saturated heterocycles. The predicted octanol–water partition coefficient (Wildman–Crippen LogP) is 2.99. The lowest BCUT2D eigenvalue weighted by atomic mass is 10.1. The van der Waals surface area contributed by atoms with Crippen molar-refractivity contribution in [2.75, 3.05) is 9.62 Å². The zero-order valence-electron chi connectivity index (χ0n) is 11.4. The van der Waals surface area contributed by atoms with E-state index in [0.717, 1.165) is 16.3 Å². The second-order valence-corrected chi connectivity index (χ2v) is 6.47. The molecule has 0 saturated carbocycles. The summed E-state index contributed by atoms with van der Waals surface area (Å²) in [5.41, 5.74) is 1.72. The van der Waals surface area contributed by atoms with Crippen molar-refractivity contribution in [1.29, 1.82) is 0 Å². The van der Waals surface area contributed by atoms with E-state index in [9.17, 15) is 13.2 Å². The van der Waals surface area contributed by atoms with Gasteiger partial charge in [0.2, 0.25) is 0 Å². The molecule has 0 radical (unpaired) electrons. The van der Waals surface area contributed by atoms with Crippen molar-refractivity contribution in [3.05, 3.63) is 54.1 Å². The van der Waals surface area contributed by atoms with E-state index in [1.54, 1.807) is 30.3 Å². The van der Waals surface area contributed by atoms with Crippen LogP contribution in [0.25, 0.3) is 0 Å². The van der Waals surface area contributed by atoms with E-state index >= 15 is 0 Å². The monoisotopic (exact) mass is 302 g/mol. The van der Waals surface area contributed by atoms with Crippen molar-refractivity contribution in [3.63, 3.8) is 0 Å². The van der Waals surface area contributed by atoms with Crippen LogP contribution in [0.5, 0.6) is 0 Å². The molecule has 21 heavy (non-hydrogen) atoms. The van der Waals surface area contributed by atoms with E-state index in [2.05, 4.69) is 5.32 Å². The first-order valence-electron chi connectivity index (χ1n) is 6.58. The molecule has 5 nitrogen and oxygen atoms in total. The summed E-state index contributed by atoms with van der Waals surface area (Å²) in [6.45, 7) is 2.01. The molecule has 0 aromatic heterocycles. The van der Waals surface area contributed by atoms with E-state index in [0.29, 0.717) is 11.4 Å². The van der Waals surface area contributed by atoms with Crippen molar-refractivity contribution in [2.45, 2.75) is 18.2 Å². The number of aryl methyl sites for hydroxylation is 1. The number of nitrogens with one attached hydrogen (secondary N) is 1. The van der Waals surface area contributed by atoms with Gasteiger partial charge in [-0.1, -0.05) is 31.2 Å². The molecule has 6 heteroatoms. The van der Waals surface area contributed by atoms with E-state index in [1.165, 1.54) is 6.07 Å². The maximum absolute atomic E-state index is 12.6. The van der Waals surface area contributed by atoms with Crippen LogP contribution in [-0.4, -0.2) is 14.4 Å². The number of sulfonamides is 1. The van der Waals surface area contributed by atoms with Crippen LogP contribution >= 0.6 is 0 Å². The smallest absolute Gasteiger partial charge is 0.305 e. The van der Waals surface area contributed by atoms with Crippen LogP contribution in [-0.2, 0) is 16.4 Å². The molecule has 2 aromatic carbocycles. The minimum Gasteiger partial charge on any atom is -0.305 e. The third-order valence-electron chi connectivity index (χ3n) is 3.41. The van der Waals surface area contributed by atoms with Gasteiger partial charge in [-0.05, 0) is 36.2 Å². The van der Waals surface area contributed by atoms with Gasteiger partial charge < -0.3 is 5.32 Å². The van der Waals surface area contributed by atoms with Gasteiger partial charge in [-0.3, -0.25) is 0 Å². The van der Waals surface area contributed by atoms with Crippen LogP contribution in [0.1, 0.15) is 12.5 Å². The Hall–Kier alpha value is -2.34. The van der Waals surface area contributed by atoms with Crippen molar-refractivity contribution < 1.29 is 13.2 Å². The number of urea groups is 1. The first-order chi connectivity index (χ1) is 10.0. The molecule has 108 valence electrons. The minimum absolute atomic E-state index is 0.101. The lowest BCUT2D eigenvalue weighted by molar-refractivity contribution is 0.259. The second-order valence-electron chi connectivity index (χ2n) is 4.72. The number of hydrogen-bond acceptors (Lipinski definition) is 3. The van der Waals surface area contributed by atoms with Gasteiger partial charge in [-0.2, -0.15) is 4.31 Å². The molecule has 1 heterocycles. The van der Waals surface area contributed by atoms with Gasteiger partial charge in [0.05, 0.1) is 11.4 Å². The Morgan fingerprint density at radius 2 is 1.71 bits per heavy atom. The number of para-hydroxylation sites is 1. The number of anilines is 2. The maximum atomic E-state index is 12.6. The van der Waals surface area contributed by atoms with Crippen LogP contribution in [0.3, 0.4) is 0 Å². The topological polar surface area (TPSA) is 66.5 Å². The minimum atomic E-state index is -3.88. The average Bonchev–Trinajstić information content (AvgIpc) is 2.47. The molecular formula is C15H14N2O3S. The molecule has 2 aromatic rings. The first kappa shape index (κ1) is 13.6. The number of carbonyl (C=O) groups excluding carboxylic acids is 1. The molecular weight excluding hydrogens is 288 g/mol. The van der Waals surface area contributed by atoms with Gasteiger partial charge in [-0.25, -0.2) is 13.2 Å². The number of amides is 2. The van der Waals surface area contributed by atoms with E-state index in [4.69, 9.17) is 0 Å². The van der Waals surface area contributed by atoms with Crippen LogP contribution < -0.4 is 9.62 Å². The Morgan fingerprint density at radius 3 is 2.38 bits per heavy atom. The van der Waals surface area contributed by atoms with Crippen molar-refractivity contribution in [2.24, 2.45) is 0 Å². The molecule has 1 N–H and O–H groups in total. The summed E-state index contributed by atoms with van der Waals surface area (Å²) in [6, 6.07) is 12.6. The fraction of sp³-hybridized carbons (Fsp3) is 0.133. The van der Waals surface area contributed by atoms with E-state index in [1.807, 2.05) is 19.1 Å². The molecule has 0 spiro atoms. The van der Waals surface area contributed by atoms with Gasteiger partial charge in [0.25, 0.3) is 10.0 Å². The number of hydrogen-bond donors (Lipinski definition) is 1. The Morgan fingerprint density at radius 1 is 1.05 bits per heavy atom. The number of benzene rings is 2. The Bertz CT molecular complexity index is 798. The molecule has 3 rings (SSSR count). The average molecular weight is 302 g/mol. The van der Waals surface area contributed by atoms with Crippen LogP contribution in [0, 0.1) is 0 Å². The second kappa shape index (κ2) is 4.89.